The highest BCUT2D eigenvalue weighted by Gasteiger charge is 1.83. The molecule has 1 aromatic rings. The molecule has 0 radical (unpaired) electrons. The van der Waals surface area contributed by atoms with E-state index in [1.807, 2.05) is 42.5 Å². The largest absolute Gasteiger partial charge is 0.191 e. The van der Waals surface area contributed by atoms with Gasteiger partial charge in [0.25, 0.3) is 0 Å². The number of nitrogens with zero attached hydrogens (tertiary/aromatic N) is 1. The van der Waals surface area contributed by atoms with Crippen molar-refractivity contribution in [2.24, 2.45) is 0 Å². The van der Waals surface area contributed by atoms with Crippen LogP contribution in [0.2, 0.25) is 0 Å². The number of rotatable bonds is 2. The molecule has 0 fully saturated rings. The van der Waals surface area contributed by atoms with Crippen molar-refractivity contribution in [3.63, 3.8) is 0 Å². The Labute approximate surface area is 82.6 Å². The summed E-state index contributed by atoms with van der Waals surface area (Å²) in [7, 11) is 0. The fraction of sp³-hybridized carbons (Fsp3) is 0. The molecule has 1 aromatic carbocycles. The molecule has 0 bridgehead atoms. The molecule has 0 spiro atoms. The van der Waals surface area contributed by atoms with E-state index < -0.39 is 0 Å². The van der Waals surface area contributed by atoms with Crippen LogP contribution < -0.4 is 0 Å². The van der Waals surface area contributed by atoms with Crippen LogP contribution in [0.25, 0.3) is 6.08 Å². The highest BCUT2D eigenvalue weighted by Crippen LogP contribution is 2.03. The van der Waals surface area contributed by atoms with Gasteiger partial charge in [-0.3, -0.25) is 0 Å². The topological polar surface area (TPSA) is 23.8 Å². The summed E-state index contributed by atoms with van der Waals surface area (Å²) in [5.41, 5.74) is 1.08. The first-order valence-corrected chi connectivity index (χ1v) is 4.20. The van der Waals surface area contributed by atoms with E-state index in [-0.39, 0.29) is 5.03 Å². The molecular weight excluding hydrogens is 182 g/mol. The van der Waals surface area contributed by atoms with Gasteiger partial charge in [0.15, 0.2) is 0 Å². The second kappa shape index (κ2) is 5.18. The molecule has 64 valence electrons. The maximum absolute atomic E-state index is 8.35. The molecule has 1 rings (SSSR count). The van der Waals surface area contributed by atoms with E-state index in [4.69, 9.17) is 16.9 Å². The van der Waals surface area contributed by atoms with Crippen LogP contribution >= 0.6 is 11.6 Å². The quantitative estimate of drug-likeness (QED) is 0.517. The monoisotopic (exact) mass is 189 g/mol. The zero-order chi connectivity index (χ0) is 9.52. The van der Waals surface area contributed by atoms with E-state index in [1.54, 1.807) is 12.2 Å². The van der Waals surface area contributed by atoms with E-state index >= 15 is 0 Å². The second-order valence-electron chi connectivity index (χ2n) is 2.40. The number of benzene rings is 1. The Kier molecular flexibility index (Phi) is 3.81. The van der Waals surface area contributed by atoms with Crippen molar-refractivity contribution < 1.29 is 0 Å². The Morgan fingerprint density at radius 1 is 1.31 bits per heavy atom. The molecule has 0 saturated carbocycles. The van der Waals surface area contributed by atoms with Crippen molar-refractivity contribution in [1.29, 1.82) is 5.26 Å². The predicted molar refractivity (Wildman–Crippen MR) is 55.0 cm³/mol. The Bertz CT molecular complexity index is 357. The van der Waals surface area contributed by atoms with Crippen molar-refractivity contribution in [1.82, 2.24) is 0 Å². The van der Waals surface area contributed by atoms with Crippen LogP contribution in [0.15, 0.2) is 47.5 Å². The third-order valence-corrected chi connectivity index (χ3v) is 1.65. The highest BCUT2D eigenvalue weighted by atomic mass is 35.5. The van der Waals surface area contributed by atoms with Gasteiger partial charge < -0.3 is 0 Å². The Hall–Kier alpha value is -1.52. The minimum atomic E-state index is 0.187. The summed E-state index contributed by atoms with van der Waals surface area (Å²) < 4.78 is 0. The Morgan fingerprint density at radius 2 is 2.00 bits per heavy atom. The van der Waals surface area contributed by atoms with Gasteiger partial charge in [-0.25, -0.2) is 0 Å². The fourth-order valence-corrected chi connectivity index (χ4v) is 0.918. The van der Waals surface area contributed by atoms with Crippen LogP contribution in [0.4, 0.5) is 0 Å². The zero-order valence-electron chi connectivity index (χ0n) is 6.94. The van der Waals surface area contributed by atoms with Crippen molar-refractivity contribution >= 4 is 17.7 Å². The molecule has 1 nitrogen and oxygen atoms in total. The van der Waals surface area contributed by atoms with Crippen molar-refractivity contribution in [3.05, 3.63) is 53.1 Å². The SMILES string of the molecule is N#CC(Cl)=CC=Cc1ccccc1. The first-order chi connectivity index (χ1) is 6.33. The second-order valence-corrected chi connectivity index (χ2v) is 2.80. The molecule has 0 amide bonds. The molecule has 2 heteroatoms. The standard InChI is InChI=1S/C11H8ClN/c12-11(9-13)8-4-7-10-5-2-1-3-6-10/h1-8H. The average Bonchev–Trinajstić information content (AvgIpc) is 2.19. The molecule has 0 saturated heterocycles. The van der Waals surface area contributed by atoms with Gasteiger partial charge in [-0.2, -0.15) is 5.26 Å². The summed E-state index contributed by atoms with van der Waals surface area (Å²) in [4.78, 5) is 0. The van der Waals surface area contributed by atoms with Gasteiger partial charge >= 0.3 is 0 Å². The molecule has 0 heterocycles. The lowest BCUT2D eigenvalue weighted by Gasteiger charge is -1.88. The Morgan fingerprint density at radius 3 is 2.62 bits per heavy atom. The maximum Gasteiger partial charge on any atom is 0.118 e. The summed E-state index contributed by atoms with van der Waals surface area (Å²) in [6.07, 6.45) is 5.20. The number of hydrogen-bond donors (Lipinski definition) is 0. The third kappa shape index (κ3) is 3.59. The van der Waals surface area contributed by atoms with Crippen LogP contribution in [0.3, 0.4) is 0 Å². The van der Waals surface area contributed by atoms with Crippen molar-refractivity contribution in [3.8, 4) is 6.07 Å². The van der Waals surface area contributed by atoms with Crippen LogP contribution in [-0.4, -0.2) is 0 Å². The van der Waals surface area contributed by atoms with Gasteiger partial charge in [0, 0.05) is 0 Å². The first-order valence-electron chi connectivity index (χ1n) is 3.82. The van der Waals surface area contributed by atoms with Crippen LogP contribution in [0, 0.1) is 11.3 Å². The van der Waals surface area contributed by atoms with E-state index in [2.05, 4.69) is 0 Å². The molecule has 0 N–H and O–H groups in total. The first kappa shape index (κ1) is 9.57. The molecular formula is C11H8ClN. The number of halogens is 1. The van der Waals surface area contributed by atoms with Gasteiger partial charge in [0.2, 0.25) is 0 Å². The van der Waals surface area contributed by atoms with Crippen LogP contribution in [0.5, 0.6) is 0 Å². The average molecular weight is 190 g/mol. The molecule has 0 aromatic heterocycles. The van der Waals surface area contributed by atoms with E-state index in [0.717, 1.165) is 5.56 Å². The number of nitriles is 1. The maximum atomic E-state index is 8.35. The summed E-state index contributed by atoms with van der Waals surface area (Å²) in [6, 6.07) is 11.6. The molecule has 0 aliphatic carbocycles. The summed E-state index contributed by atoms with van der Waals surface area (Å²) in [6.45, 7) is 0. The summed E-state index contributed by atoms with van der Waals surface area (Å²) in [5.74, 6) is 0. The van der Waals surface area contributed by atoms with Gasteiger partial charge in [0.05, 0.1) is 0 Å². The minimum Gasteiger partial charge on any atom is -0.191 e. The lowest BCUT2D eigenvalue weighted by molar-refractivity contribution is 1.52. The molecule has 0 unspecified atom stereocenters. The van der Waals surface area contributed by atoms with E-state index in [0.29, 0.717) is 0 Å². The van der Waals surface area contributed by atoms with Crippen molar-refractivity contribution in [2.75, 3.05) is 0 Å². The minimum absolute atomic E-state index is 0.187. The third-order valence-electron chi connectivity index (χ3n) is 1.44. The van der Waals surface area contributed by atoms with Gasteiger partial charge in [-0.1, -0.05) is 54.1 Å². The molecule has 0 aliphatic heterocycles. The van der Waals surface area contributed by atoms with Gasteiger partial charge in [-0.15, -0.1) is 0 Å². The molecule has 13 heavy (non-hydrogen) atoms. The lowest BCUT2D eigenvalue weighted by atomic mass is 10.2. The van der Waals surface area contributed by atoms with Crippen LogP contribution in [-0.2, 0) is 0 Å². The van der Waals surface area contributed by atoms with E-state index in [9.17, 15) is 0 Å². The normalized spacial score (nSPS) is 11.5. The van der Waals surface area contributed by atoms with E-state index in [1.165, 1.54) is 0 Å². The smallest absolute Gasteiger partial charge is 0.118 e. The Balaban J connectivity index is 2.66. The summed E-state index contributed by atoms with van der Waals surface area (Å²) in [5, 5.41) is 8.54. The number of hydrogen-bond acceptors (Lipinski definition) is 1. The lowest BCUT2D eigenvalue weighted by Crippen LogP contribution is -1.67. The molecule has 0 atom stereocenters. The van der Waals surface area contributed by atoms with Crippen molar-refractivity contribution in [2.45, 2.75) is 0 Å². The highest BCUT2D eigenvalue weighted by molar-refractivity contribution is 6.32. The zero-order valence-corrected chi connectivity index (χ0v) is 7.70. The number of allylic oxidation sites excluding steroid dienone is 3. The van der Waals surface area contributed by atoms with Gasteiger partial charge in [-0.05, 0) is 11.6 Å². The summed E-state index contributed by atoms with van der Waals surface area (Å²) >= 11 is 5.48. The molecule has 0 aliphatic rings. The van der Waals surface area contributed by atoms with Crippen LogP contribution in [0.1, 0.15) is 5.56 Å². The predicted octanol–water partition coefficient (Wildman–Crippen LogP) is 3.35. The van der Waals surface area contributed by atoms with Gasteiger partial charge in [0.1, 0.15) is 11.1 Å². The fourth-order valence-electron chi connectivity index (χ4n) is 0.845.